The van der Waals surface area contributed by atoms with Crippen LogP contribution in [-0.4, -0.2) is 10.1 Å². The molecule has 0 aliphatic carbocycles. The van der Waals surface area contributed by atoms with Gasteiger partial charge in [-0.2, -0.15) is 0 Å². The largest absolute Gasteiger partial charge is 0.488 e. The highest BCUT2D eigenvalue weighted by molar-refractivity contribution is 5.43. The molecule has 3 nitrogen and oxygen atoms in total. The number of hydrogen-bond acceptors (Lipinski definition) is 3. The Labute approximate surface area is 107 Å². The fourth-order valence-electron chi connectivity index (χ4n) is 2.00. The SMILES string of the molecule is Cc1cc(CO)cc(C)c1OCc1cccnc1. The number of aryl methyl sites for hydroxylation is 2. The second-order valence-electron chi connectivity index (χ2n) is 4.37. The number of aliphatic hydroxyl groups is 1. The van der Waals surface area contributed by atoms with Crippen LogP contribution in [0.4, 0.5) is 0 Å². The van der Waals surface area contributed by atoms with Crippen LogP contribution < -0.4 is 4.74 Å². The average molecular weight is 243 g/mol. The molecule has 0 unspecified atom stereocenters. The summed E-state index contributed by atoms with van der Waals surface area (Å²) in [5, 5.41) is 9.14. The van der Waals surface area contributed by atoms with E-state index in [4.69, 9.17) is 9.84 Å². The third-order valence-electron chi connectivity index (χ3n) is 2.81. The van der Waals surface area contributed by atoms with Gasteiger partial charge in [-0.3, -0.25) is 4.98 Å². The number of ether oxygens (including phenoxy) is 1. The summed E-state index contributed by atoms with van der Waals surface area (Å²) in [7, 11) is 0. The van der Waals surface area contributed by atoms with E-state index < -0.39 is 0 Å². The van der Waals surface area contributed by atoms with Gasteiger partial charge in [0.05, 0.1) is 6.61 Å². The topological polar surface area (TPSA) is 42.4 Å². The first-order chi connectivity index (χ1) is 8.70. The summed E-state index contributed by atoms with van der Waals surface area (Å²) in [6.45, 7) is 4.55. The molecule has 0 fully saturated rings. The average Bonchev–Trinajstić information content (AvgIpc) is 2.38. The van der Waals surface area contributed by atoms with Gasteiger partial charge >= 0.3 is 0 Å². The minimum atomic E-state index is 0.0601. The van der Waals surface area contributed by atoms with Crippen LogP contribution in [0.3, 0.4) is 0 Å². The van der Waals surface area contributed by atoms with Crippen molar-refractivity contribution < 1.29 is 9.84 Å². The maximum absolute atomic E-state index is 9.14. The van der Waals surface area contributed by atoms with Crippen molar-refractivity contribution in [3.63, 3.8) is 0 Å². The van der Waals surface area contributed by atoms with Crippen LogP contribution in [0, 0.1) is 13.8 Å². The second kappa shape index (κ2) is 5.65. The molecule has 0 amide bonds. The summed E-state index contributed by atoms with van der Waals surface area (Å²) in [6, 6.07) is 7.78. The first-order valence-corrected chi connectivity index (χ1v) is 5.93. The van der Waals surface area contributed by atoms with Gasteiger partial charge in [0, 0.05) is 18.0 Å². The lowest BCUT2D eigenvalue weighted by molar-refractivity contribution is 0.280. The number of nitrogens with zero attached hydrogens (tertiary/aromatic N) is 1. The van der Waals surface area contributed by atoms with Crippen LogP contribution in [0.2, 0.25) is 0 Å². The van der Waals surface area contributed by atoms with Gasteiger partial charge in [0.1, 0.15) is 12.4 Å². The Morgan fingerprint density at radius 3 is 2.44 bits per heavy atom. The third-order valence-corrected chi connectivity index (χ3v) is 2.81. The Hall–Kier alpha value is -1.87. The second-order valence-corrected chi connectivity index (χ2v) is 4.37. The van der Waals surface area contributed by atoms with Gasteiger partial charge in [-0.05, 0) is 36.6 Å². The molecule has 1 aromatic carbocycles. The number of aliphatic hydroxyl groups excluding tert-OH is 1. The molecule has 0 spiro atoms. The van der Waals surface area contributed by atoms with E-state index in [-0.39, 0.29) is 6.61 Å². The molecular weight excluding hydrogens is 226 g/mol. The van der Waals surface area contributed by atoms with Crippen LogP contribution >= 0.6 is 0 Å². The standard InChI is InChI=1S/C15H17NO2/c1-11-6-14(9-17)7-12(2)15(11)18-10-13-4-3-5-16-8-13/h3-8,17H,9-10H2,1-2H3. The fraction of sp³-hybridized carbons (Fsp3) is 0.267. The molecule has 3 heteroatoms. The number of pyridine rings is 1. The minimum Gasteiger partial charge on any atom is -0.488 e. The third kappa shape index (κ3) is 2.87. The molecule has 0 bridgehead atoms. The Balaban J connectivity index is 2.15. The monoisotopic (exact) mass is 243 g/mol. The molecule has 1 heterocycles. The lowest BCUT2D eigenvalue weighted by Crippen LogP contribution is -2.00. The van der Waals surface area contributed by atoms with Crippen LogP contribution in [-0.2, 0) is 13.2 Å². The molecule has 0 radical (unpaired) electrons. The Morgan fingerprint density at radius 1 is 1.17 bits per heavy atom. The zero-order valence-corrected chi connectivity index (χ0v) is 10.7. The smallest absolute Gasteiger partial charge is 0.125 e. The van der Waals surface area contributed by atoms with Gasteiger partial charge in [0.15, 0.2) is 0 Å². The zero-order valence-electron chi connectivity index (χ0n) is 10.7. The van der Waals surface area contributed by atoms with Gasteiger partial charge in [0.2, 0.25) is 0 Å². The zero-order chi connectivity index (χ0) is 13.0. The van der Waals surface area contributed by atoms with Crippen molar-refractivity contribution in [2.45, 2.75) is 27.1 Å². The predicted octanol–water partition coefficient (Wildman–Crippen LogP) is 2.77. The van der Waals surface area contributed by atoms with E-state index in [1.54, 1.807) is 12.4 Å². The first kappa shape index (κ1) is 12.6. The van der Waals surface area contributed by atoms with E-state index in [1.807, 2.05) is 38.1 Å². The fourth-order valence-corrected chi connectivity index (χ4v) is 2.00. The molecule has 18 heavy (non-hydrogen) atoms. The van der Waals surface area contributed by atoms with E-state index in [2.05, 4.69) is 4.98 Å². The highest BCUT2D eigenvalue weighted by Gasteiger charge is 2.06. The molecule has 0 aliphatic rings. The van der Waals surface area contributed by atoms with Crippen molar-refractivity contribution >= 4 is 0 Å². The van der Waals surface area contributed by atoms with Gasteiger partial charge in [0.25, 0.3) is 0 Å². The number of hydrogen-bond donors (Lipinski definition) is 1. The molecule has 94 valence electrons. The van der Waals surface area contributed by atoms with Crippen LogP contribution in [0.5, 0.6) is 5.75 Å². The number of rotatable bonds is 4. The quantitative estimate of drug-likeness (QED) is 0.897. The number of aromatic nitrogens is 1. The van der Waals surface area contributed by atoms with Gasteiger partial charge in [-0.25, -0.2) is 0 Å². The van der Waals surface area contributed by atoms with Crippen molar-refractivity contribution in [2.24, 2.45) is 0 Å². The van der Waals surface area contributed by atoms with E-state index >= 15 is 0 Å². The molecule has 0 atom stereocenters. The molecular formula is C15H17NO2. The van der Waals surface area contributed by atoms with Crippen LogP contribution in [0.25, 0.3) is 0 Å². The molecule has 1 N–H and O–H groups in total. The van der Waals surface area contributed by atoms with Crippen molar-refractivity contribution in [1.29, 1.82) is 0 Å². The molecule has 0 saturated carbocycles. The highest BCUT2D eigenvalue weighted by atomic mass is 16.5. The maximum Gasteiger partial charge on any atom is 0.125 e. The van der Waals surface area contributed by atoms with Crippen molar-refractivity contribution in [2.75, 3.05) is 0 Å². The summed E-state index contributed by atoms with van der Waals surface area (Å²) in [6.07, 6.45) is 3.54. The lowest BCUT2D eigenvalue weighted by Gasteiger charge is -2.13. The first-order valence-electron chi connectivity index (χ1n) is 5.93. The van der Waals surface area contributed by atoms with Crippen LogP contribution in [0.1, 0.15) is 22.3 Å². The summed E-state index contributed by atoms with van der Waals surface area (Å²) < 4.78 is 5.83. The number of benzene rings is 1. The van der Waals surface area contributed by atoms with Gasteiger partial charge < -0.3 is 9.84 Å². The highest BCUT2D eigenvalue weighted by Crippen LogP contribution is 2.25. The maximum atomic E-state index is 9.14. The normalized spacial score (nSPS) is 10.4. The van der Waals surface area contributed by atoms with Crippen LogP contribution in [0.15, 0.2) is 36.7 Å². The molecule has 1 aromatic heterocycles. The molecule has 0 aliphatic heterocycles. The predicted molar refractivity (Wildman–Crippen MR) is 70.4 cm³/mol. The Bertz CT molecular complexity index is 500. The Morgan fingerprint density at radius 2 is 1.89 bits per heavy atom. The van der Waals surface area contributed by atoms with Gasteiger partial charge in [-0.1, -0.05) is 18.2 Å². The summed E-state index contributed by atoms with van der Waals surface area (Å²) in [5.41, 5.74) is 4.05. The lowest BCUT2D eigenvalue weighted by atomic mass is 10.1. The Kier molecular flexibility index (Phi) is 3.95. The van der Waals surface area contributed by atoms with Crippen molar-refractivity contribution in [3.05, 3.63) is 58.9 Å². The van der Waals surface area contributed by atoms with Gasteiger partial charge in [-0.15, -0.1) is 0 Å². The van der Waals surface area contributed by atoms with E-state index in [9.17, 15) is 0 Å². The minimum absolute atomic E-state index is 0.0601. The van der Waals surface area contributed by atoms with E-state index in [0.717, 1.165) is 28.0 Å². The van der Waals surface area contributed by atoms with E-state index in [1.165, 1.54) is 0 Å². The molecule has 2 rings (SSSR count). The van der Waals surface area contributed by atoms with Crippen molar-refractivity contribution in [3.8, 4) is 5.75 Å². The summed E-state index contributed by atoms with van der Waals surface area (Å²) >= 11 is 0. The van der Waals surface area contributed by atoms with Crippen molar-refractivity contribution in [1.82, 2.24) is 4.98 Å². The van der Waals surface area contributed by atoms with E-state index in [0.29, 0.717) is 6.61 Å². The summed E-state index contributed by atoms with van der Waals surface area (Å²) in [5.74, 6) is 0.885. The molecule has 2 aromatic rings. The molecule has 0 saturated heterocycles. The summed E-state index contributed by atoms with van der Waals surface area (Å²) in [4.78, 5) is 4.06.